The van der Waals surface area contributed by atoms with Gasteiger partial charge in [0.1, 0.15) is 0 Å². The summed E-state index contributed by atoms with van der Waals surface area (Å²) in [5.74, 6) is 0. The van der Waals surface area contributed by atoms with Gasteiger partial charge in [-0.15, -0.1) is 0 Å². The van der Waals surface area contributed by atoms with Crippen molar-refractivity contribution in [3.8, 4) is 0 Å². The highest BCUT2D eigenvalue weighted by Gasteiger charge is 2.41. The van der Waals surface area contributed by atoms with Gasteiger partial charge in [-0.05, 0) is 58.5 Å². The molecule has 2 fully saturated rings. The second-order valence-electron chi connectivity index (χ2n) is 6.34. The quantitative estimate of drug-likeness (QED) is 0.789. The zero-order valence-electron chi connectivity index (χ0n) is 12.1. The topological polar surface area (TPSA) is 35.5 Å². The average molecular weight is 254 g/mol. The highest BCUT2D eigenvalue weighted by Crippen LogP contribution is 2.35. The summed E-state index contributed by atoms with van der Waals surface area (Å²) in [6, 6.07) is 1.43. The molecule has 2 N–H and O–H groups in total. The molecule has 0 radical (unpaired) electrons. The Morgan fingerprint density at radius 1 is 1.33 bits per heavy atom. The van der Waals surface area contributed by atoms with Crippen molar-refractivity contribution >= 4 is 0 Å². The van der Waals surface area contributed by atoms with Crippen molar-refractivity contribution in [2.24, 2.45) is 0 Å². The van der Waals surface area contributed by atoms with E-state index < -0.39 is 0 Å². The molecule has 1 heterocycles. The lowest BCUT2D eigenvalue weighted by atomic mass is 9.96. The third-order valence-corrected chi connectivity index (χ3v) is 4.96. The Kier molecular flexibility index (Phi) is 5.05. The number of piperidine rings is 1. The van der Waals surface area contributed by atoms with Crippen LogP contribution in [0.4, 0.5) is 0 Å². The molecule has 3 atom stereocenters. The summed E-state index contributed by atoms with van der Waals surface area (Å²) in [4.78, 5) is 2.70. The summed E-state index contributed by atoms with van der Waals surface area (Å²) < 4.78 is 0. The van der Waals surface area contributed by atoms with Gasteiger partial charge >= 0.3 is 0 Å². The molecular weight excluding hydrogens is 224 g/mol. The standard InChI is InChI=1S/C15H30N2O/c1-3-9-16-15(12-18)8-7-14(11-15)17-10-5-4-6-13(17)2/h13-14,16,18H,3-12H2,1-2H3. The first-order valence-electron chi connectivity index (χ1n) is 7.82. The molecule has 1 aliphatic heterocycles. The number of hydrogen-bond donors (Lipinski definition) is 2. The minimum Gasteiger partial charge on any atom is -0.394 e. The molecule has 0 aromatic carbocycles. The number of nitrogens with one attached hydrogen (secondary N) is 1. The van der Waals surface area contributed by atoms with Gasteiger partial charge in [0.05, 0.1) is 6.61 Å². The summed E-state index contributed by atoms with van der Waals surface area (Å²) in [7, 11) is 0. The first-order chi connectivity index (χ1) is 8.71. The Balaban J connectivity index is 1.92. The highest BCUT2D eigenvalue weighted by molar-refractivity contribution is 5.00. The van der Waals surface area contributed by atoms with Crippen LogP contribution in [0.25, 0.3) is 0 Å². The molecule has 3 unspecified atom stereocenters. The monoisotopic (exact) mass is 254 g/mol. The van der Waals surface area contributed by atoms with Crippen LogP contribution in [0.2, 0.25) is 0 Å². The van der Waals surface area contributed by atoms with Crippen LogP contribution in [0, 0.1) is 0 Å². The van der Waals surface area contributed by atoms with Crippen LogP contribution in [-0.4, -0.2) is 47.3 Å². The fourth-order valence-electron chi connectivity index (χ4n) is 3.79. The SMILES string of the molecule is CCCNC1(CO)CCC(N2CCCCC2C)C1. The predicted octanol–water partition coefficient (Wildman–Crippen LogP) is 2.14. The van der Waals surface area contributed by atoms with Crippen molar-refractivity contribution in [1.82, 2.24) is 10.2 Å². The lowest BCUT2D eigenvalue weighted by Crippen LogP contribution is -2.50. The largest absolute Gasteiger partial charge is 0.394 e. The molecule has 106 valence electrons. The molecule has 18 heavy (non-hydrogen) atoms. The van der Waals surface area contributed by atoms with E-state index in [9.17, 15) is 5.11 Å². The van der Waals surface area contributed by atoms with Crippen molar-refractivity contribution in [1.29, 1.82) is 0 Å². The van der Waals surface area contributed by atoms with E-state index in [1.165, 1.54) is 32.2 Å². The normalized spacial score (nSPS) is 38.2. The van der Waals surface area contributed by atoms with E-state index in [-0.39, 0.29) is 5.54 Å². The lowest BCUT2D eigenvalue weighted by molar-refractivity contribution is 0.0934. The number of rotatable bonds is 5. The number of nitrogens with zero attached hydrogens (tertiary/aromatic N) is 1. The van der Waals surface area contributed by atoms with Gasteiger partial charge < -0.3 is 10.4 Å². The van der Waals surface area contributed by atoms with Crippen molar-refractivity contribution in [3.63, 3.8) is 0 Å². The summed E-state index contributed by atoms with van der Waals surface area (Å²) in [5.41, 5.74) is 0.0117. The molecular formula is C15H30N2O. The summed E-state index contributed by atoms with van der Waals surface area (Å²) in [6.45, 7) is 7.16. The maximum absolute atomic E-state index is 9.74. The average Bonchev–Trinajstić information content (AvgIpc) is 2.82. The fraction of sp³-hybridized carbons (Fsp3) is 1.00. The minimum atomic E-state index is 0.0117. The zero-order valence-corrected chi connectivity index (χ0v) is 12.1. The number of aliphatic hydroxyl groups is 1. The minimum absolute atomic E-state index is 0.0117. The molecule has 2 aliphatic rings. The van der Waals surface area contributed by atoms with Crippen LogP contribution < -0.4 is 5.32 Å². The number of hydrogen-bond acceptors (Lipinski definition) is 3. The van der Waals surface area contributed by atoms with Gasteiger partial charge in [-0.1, -0.05) is 13.3 Å². The Bertz CT molecular complexity index is 259. The molecule has 0 aromatic heterocycles. The van der Waals surface area contributed by atoms with Crippen molar-refractivity contribution in [2.75, 3.05) is 19.7 Å². The molecule has 0 spiro atoms. The lowest BCUT2D eigenvalue weighted by Gasteiger charge is -2.39. The number of likely N-dealkylation sites (tertiary alicyclic amines) is 1. The van der Waals surface area contributed by atoms with E-state index in [1.807, 2.05) is 0 Å². The van der Waals surface area contributed by atoms with Crippen LogP contribution in [0.1, 0.15) is 58.8 Å². The van der Waals surface area contributed by atoms with Crippen LogP contribution in [0.15, 0.2) is 0 Å². The van der Waals surface area contributed by atoms with Crippen LogP contribution >= 0.6 is 0 Å². The van der Waals surface area contributed by atoms with E-state index in [2.05, 4.69) is 24.1 Å². The predicted molar refractivity (Wildman–Crippen MR) is 75.8 cm³/mol. The van der Waals surface area contributed by atoms with E-state index in [4.69, 9.17) is 0 Å². The highest BCUT2D eigenvalue weighted by atomic mass is 16.3. The van der Waals surface area contributed by atoms with Gasteiger partial charge in [-0.2, -0.15) is 0 Å². The second-order valence-corrected chi connectivity index (χ2v) is 6.34. The Morgan fingerprint density at radius 3 is 2.83 bits per heavy atom. The maximum atomic E-state index is 9.74. The van der Waals surface area contributed by atoms with Gasteiger partial charge in [-0.25, -0.2) is 0 Å². The number of aliphatic hydroxyl groups excluding tert-OH is 1. The fourth-order valence-corrected chi connectivity index (χ4v) is 3.79. The molecule has 1 aliphatic carbocycles. The molecule has 1 saturated heterocycles. The smallest absolute Gasteiger partial charge is 0.0613 e. The van der Waals surface area contributed by atoms with Crippen LogP contribution in [-0.2, 0) is 0 Å². The first kappa shape index (κ1) is 14.3. The molecule has 2 rings (SSSR count). The Hall–Kier alpha value is -0.120. The summed E-state index contributed by atoms with van der Waals surface area (Å²) in [6.07, 6.45) is 8.77. The molecule has 0 aromatic rings. The first-order valence-corrected chi connectivity index (χ1v) is 7.82. The van der Waals surface area contributed by atoms with Gasteiger partial charge in [-0.3, -0.25) is 4.90 Å². The maximum Gasteiger partial charge on any atom is 0.0613 e. The molecule has 3 nitrogen and oxygen atoms in total. The van der Waals surface area contributed by atoms with Gasteiger partial charge in [0.2, 0.25) is 0 Å². The van der Waals surface area contributed by atoms with Gasteiger partial charge in [0.15, 0.2) is 0 Å². The van der Waals surface area contributed by atoms with Crippen LogP contribution in [0.5, 0.6) is 0 Å². The van der Waals surface area contributed by atoms with E-state index in [0.29, 0.717) is 12.6 Å². The van der Waals surface area contributed by atoms with Crippen molar-refractivity contribution in [2.45, 2.75) is 76.4 Å². The van der Waals surface area contributed by atoms with Crippen molar-refractivity contribution < 1.29 is 5.11 Å². The molecule has 1 saturated carbocycles. The van der Waals surface area contributed by atoms with E-state index >= 15 is 0 Å². The third kappa shape index (κ3) is 3.06. The third-order valence-electron chi connectivity index (χ3n) is 4.96. The van der Waals surface area contributed by atoms with E-state index in [0.717, 1.165) is 31.8 Å². The Morgan fingerprint density at radius 2 is 2.17 bits per heavy atom. The molecule has 0 bridgehead atoms. The Labute approximate surface area is 112 Å². The summed E-state index contributed by atoms with van der Waals surface area (Å²) >= 11 is 0. The van der Waals surface area contributed by atoms with Gasteiger partial charge in [0, 0.05) is 17.6 Å². The van der Waals surface area contributed by atoms with E-state index in [1.54, 1.807) is 0 Å². The molecule has 3 heteroatoms. The van der Waals surface area contributed by atoms with Crippen molar-refractivity contribution in [3.05, 3.63) is 0 Å². The summed E-state index contributed by atoms with van der Waals surface area (Å²) in [5, 5.41) is 13.3. The second kappa shape index (κ2) is 6.36. The molecule has 0 amide bonds. The zero-order chi connectivity index (χ0) is 13.0. The van der Waals surface area contributed by atoms with Gasteiger partial charge in [0.25, 0.3) is 0 Å². The van der Waals surface area contributed by atoms with Crippen LogP contribution in [0.3, 0.4) is 0 Å².